The van der Waals surface area contributed by atoms with Crippen LogP contribution in [0.2, 0.25) is 0 Å². The minimum Gasteiger partial charge on any atom is -0.409 e. The van der Waals surface area contributed by atoms with Gasteiger partial charge in [-0.2, -0.15) is 0 Å². The molecule has 92 valence electrons. The zero-order valence-corrected chi connectivity index (χ0v) is 9.45. The summed E-state index contributed by atoms with van der Waals surface area (Å²) in [6, 6.07) is 5.47. The number of nitrogens with zero attached hydrogens (tertiary/aromatic N) is 3. The van der Waals surface area contributed by atoms with Crippen LogP contribution in [0.5, 0.6) is 0 Å². The lowest BCUT2D eigenvalue weighted by Crippen LogP contribution is -2.33. The van der Waals surface area contributed by atoms with Crippen molar-refractivity contribution in [3.05, 3.63) is 23.9 Å². The van der Waals surface area contributed by atoms with Crippen molar-refractivity contribution in [2.75, 3.05) is 18.1 Å². The highest BCUT2D eigenvalue weighted by atomic mass is 16.4. The van der Waals surface area contributed by atoms with Crippen molar-refractivity contribution in [3.8, 4) is 0 Å². The Labute approximate surface area is 99.4 Å². The Bertz CT molecular complexity index is 422. The summed E-state index contributed by atoms with van der Waals surface area (Å²) in [6.07, 6.45) is 2.01. The Morgan fingerprint density at radius 3 is 3.12 bits per heavy atom. The maximum atomic E-state index is 9.26. The second-order valence-electron chi connectivity index (χ2n) is 4.04. The third kappa shape index (κ3) is 2.31. The third-order valence-electron chi connectivity index (χ3n) is 2.99. The summed E-state index contributed by atoms with van der Waals surface area (Å²) in [4.78, 5) is 6.37. The molecule has 1 aromatic rings. The van der Waals surface area contributed by atoms with Gasteiger partial charge in [-0.25, -0.2) is 4.98 Å². The van der Waals surface area contributed by atoms with E-state index >= 15 is 0 Å². The molecule has 6 heteroatoms. The van der Waals surface area contributed by atoms with Gasteiger partial charge in [-0.3, -0.25) is 0 Å². The first-order valence-corrected chi connectivity index (χ1v) is 5.58. The first kappa shape index (κ1) is 11.7. The smallest absolute Gasteiger partial charge is 0.188 e. The molecular weight excluding hydrogens is 220 g/mol. The van der Waals surface area contributed by atoms with Crippen molar-refractivity contribution in [1.82, 2.24) is 4.98 Å². The predicted molar refractivity (Wildman–Crippen MR) is 64.2 cm³/mol. The fourth-order valence-corrected chi connectivity index (χ4v) is 2.10. The van der Waals surface area contributed by atoms with Crippen LogP contribution in [-0.2, 0) is 0 Å². The van der Waals surface area contributed by atoms with Crippen LogP contribution in [0, 0.1) is 0 Å². The summed E-state index contributed by atoms with van der Waals surface area (Å²) in [5, 5.41) is 20.8. The quantitative estimate of drug-likeness (QED) is 0.300. The predicted octanol–water partition coefficient (Wildman–Crippen LogP) is 0.137. The average molecular weight is 236 g/mol. The summed E-state index contributed by atoms with van der Waals surface area (Å²) in [7, 11) is 0. The lowest BCUT2D eigenvalue weighted by Gasteiger charge is -2.24. The number of aliphatic hydroxyl groups excluding tert-OH is 1. The fraction of sp³-hybridized carbons (Fsp3) is 0.455. The van der Waals surface area contributed by atoms with E-state index in [1.54, 1.807) is 6.07 Å². The van der Waals surface area contributed by atoms with Gasteiger partial charge >= 0.3 is 0 Å². The molecule has 1 unspecified atom stereocenters. The van der Waals surface area contributed by atoms with E-state index in [4.69, 9.17) is 10.9 Å². The molecule has 0 saturated carbocycles. The molecule has 0 aliphatic carbocycles. The zero-order chi connectivity index (χ0) is 12.3. The van der Waals surface area contributed by atoms with E-state index in [-0.39, 0.29) is 18.5 Å². The van der Waals surface area contributed by atoms with E-state index in [9.17, 15) is 5.11 Å². The maximum Gasteiger partial charge on any atom is 0.188 e. The summed E-state index contributed by atoms with van der Waals surface area (Å²) in [6.45, 7) is 0.993. The highest BCUT2D eigenvalue weighted by Crippen LogP contribution is 2.23. The van der Waals surface area contributed by atoms with Gasteiger partial charge in [0.05, 0.1) is 12.6 Å². The van der Waals surface area contributed by atoms with Crippen molar-refractivity contribution in [2.24, 2.45) is 10.9 Å². The van der Waals surface area contributed by atoms with Crippen molar-refractivity contribution < 1.29 is 10.3 Å². The topological polar surface area (TPSA) is 95.0 Å². The molecule has 6 nitrogen and oxygen atoms in total. The number of nitrogens with two attached hydrogens (primary N) is 1. The molecule has 0 aromatic carbocycles. The molecule has 0 radical (unpaired) electrons. The van der Waals surface area contributed by atoms with E-state index in [1.807, 2.05) is 17.0 Å². The third-order valence-corrected chi connectivity index (χ3v) is 2.99. The molecule has 1 aliphatic rings. The second-order valence-corrected chi connectivity index (χ2v) is 4.04. The number of pyridine rings is 1. The molecule has 0 bridgehead atoms. The molecule has 2 heterocycles. The molecule has 2 rings (SSSR count). The maximum absolute atomic E-state index is 9.26. The number of hydrogen-bond donors (Lipinski definition) is 3. The Kier molecular flexibility index (Phi) is 3.43. The van der Waals surface area contributed by atoms with E-state index in [0.717, 1.165) is 25.2 Å². The minimum atomic E-state index is -0.00778. The van der Waals surface area contributed by atoms with Crippen LogP contribution < -0.4 is 10.6 Å². The van der Waals surface area contributed by atoms with E-state index < -0.39 is 0 Å². The Balaban J connectivity index is 2.27. The molecule has 1 atom stereocenters. The number of aromatic nitrogens is 1. The van der Waals surface area contributed by atoms with Crippen molar-refractivity contribution in [3.63, 3.8) is 0 Å². The summed E-state index contributed by atoms with van der Waals surface area (Å²) < 4.78 is 0. The standard InChI is InChI=1S/C11H16N4O2/c12-11(14-17)9-4-1-5-10(13-9)15-6-2-3-8(15)7-16/h1,4-5,8,16-17H,2-3,6-7H2,(H2,12,14). The fourth-order valence-electron chi connectivity index (χ4n) is 2.10. The summed E-state index contributed by atoms with van der Waals surface area (Å²) in [5.41, 5.74) is 5.94. The van der Waals surface area contributed by atoms with Gasteiger partial charge in [0.25, 0.3) is 0 Å². The number of rotatable bonds is 3. The van der Waals surface area contributed by atoms with Crippen LogP contribution >= 0.6 is 0 Å². The Morgan fingerprint density at radius 1 is 1.59 bits per heavy atom. The van der Waals surface area contributed by atoms with E-state index in [2.05, 4.69) is 10.1 Å². The normalized spacial score (nSPS) is 20.9. The van der Waals surface area contributed by atoms with Crippen LogP contribution in [0.3, 0.4) is 0 Å². The monoisotopic (exact) mass is 236 g/mol. The van der Waals surface area contributed by atoms with E-state index in [0.29, 0.717) is 5.69 Å². The molecular formula is C11H16N4O2. The molecule has 1 fully saturated rings. The molecule has 0 spiro atoms. The second kappa shape index (κ2) is 5.01. The van der Waals surface area contributed by atoms with E-state index in [1.165, 1.54) is 0 Å². The molecule has 1 saturated heterocycles. The number of anilines is 1. The summed E-state index contributed by atoms with van der Waals surface area (Å²) >= 11 is 0. The van der Waals surface area contributed by atoms with Crippen molar-refractivity contribution in [1.29, 1.82) is 0 Å². The average Bonchev–Trinajstić information content (AvgIpc) is 2.86. The molecule has 0 amide bonds. The van der Waals surface area contributed by atoms with Crippen LogP contribution in [0.25, 0.3) is 0 Å². The summed E-state index contributed by atoms with van der Waals surface area (Å²) in [5.74, 6) is 0.747. The van der Waals surface area contributed by atoms with Gasteiger partial charge in [0.2, 0.25) is 0 Å². The van der Waals surface area contributed by atoms with Gasteiger partial charge in [0.1, 0.15) is 11.5 Å². The first-order chi connectivity index (χ1) is 8.26. The molecule has 1 aliphatic heterocycles. The minimum absolute atomic E-state index is 0.00778. The lowest BCUT2D eigenvalue weighted by atomic mass is 10.2. The zero-order valence-electron chi connectivity index (χ0n) is 9.45. The lowest BCUT2D eigenvalue weighted by molar-refractivity contribution is 0.266. The van der Waals surface area contributed by atoms with Crippen molar-refractivity contribution in [2.45, 2.75) is 18.9 Å². The van der Waals surface area contributed by atoms with Gasteiger partial charge in [0.15, 0.2) is 5.84 Å². The SMILES string of the molecule is NC(=NO)c1cccc(N2CCCC2CO)n1. The molecule has 17 heavy (non-hydrogen) atoms. The van der Waals surface area contributed by atoms with Crippen LogP contribution in [0.15, 0.2) is 23.4 Å². The highest BCUT2D eigenvalue weighted by molar-refractivity contribution is 5.95. The number of aliphatic hydroxyl groups is 1. The van der Waals surface area contributed by atoms with Gasteiger partial charge in [0, 0.05) is 6.54 Å². The number of hydrogen-bond acceptors (Lipinski definition) is 5. The van der Waals surface area contributed by atoms with Crippen molar-refractivity contribution >= 4 is 11.7 Å². The van der Waals surface area contributed by atoms with Crippen LogP contribution in [0.4, 0.5) is 5.82 Å². The molecule has 1 aromatic heterocycles. The number of amidine groups is 1. The number of oxime groups is 1. The Hall–Kier alpha value is -1.82. The van der Waals surface area contributed by atoms with Gasteiger partial charge in [-0.05, 0) is 25.0 Å². The van der Waals surface area contributed by atoms with Gasteiger partial charge in [-0.1, -0.05) is 11.2 Å². The molecule has 4 N–H and O–H groups in total. The van der Waals surface area contributed by atoms with Gasteiger partial charge < -0.3 is 20.9 Å². The highest BCUT2D eigenvalue weighted by Gasteiger charge is 2.24. The van der Waals surface area contributed by atoms with Crippen LogP contribution in [-0.4, -0.2) is 40.3 Å². The largest absolute Gasteiger partial charge is 0.409 e. The Morgan fingerprint density at radius 2 is 2.41 bits per heavy atom. The first-order valence-electron chi connectivity index (χ1n) is 5.58. The van der Waals surface area contributed by atoms with Gasteiger partial charge in [-0.15, -0.1) is 0 Å². The van der Waals surface area contributed by atoms with Crippen LogP contribution in [0.1, 0.15) is 18.5 Å².